The van der Waals surface area contributed by atoms with Gasteiger partial charge in [0.1, 0.15) is 0 Å². The predicted molar refractivity (Wildman–Crippen MR) is 78.7 cm³/mol. The van der Waals surface area contributed by atoms with Crippen LogP contribution in [0.1, 0.15) is 33.3 Å². The van der Waals surface area contributed by atoms with Crippen molar-refractivity contribution >= 4 is 11.3 Å². The minimum atomic E-state index is -0.0910. The fourth-order valence-corrected chi connectivity index (χ4v) is 2.40. The summed E-state index contributed by atoms with van der Waals surface area (Å²) in [6.07, 6.45) is 4.44. The summed E-state index contributed by atoms with van der Waals surface area (Å²) in [6, 6.07) is 8.05. The molecule has 1 aliphatic rings. The van der Waals surface area contributed by atoms with Gasteiger partial charge in [0.05, 0.1) is 0 Å². The Morgan fingerprint density at radius 3 is 1.89 bits per heavy atom. The molecule has 0 saturated carbocycles. The standard InChI is InChI=1S/C16H22N2/c1-15(2)10-14(18)16(3,4)9-13(15)11-5-7-12(17)8-6-11/h5-10H,17-18H2,1-4H3. The van der Waals surface area contributed by atoms with E-state index in [9.17, 15) is 0 Å². The summed E-state index contributed by atoms with van der Waals surface area (Å²) in [5.74, 6) is 0. The van der Waals surface area contributed by atoms with Gasteiger partial charge in [-0.2, -0.15) is 0 Å². The van der Waals surface area contributed by atoms with E-state index < -0.39 is 0 Å². The molecule has 2 nitrogen and oxygen atoms in total. The monoisotopic (exact) mass is 242 g/mol. The molecule has 0 bridgehead atoms. The molecule has 0 aromatic heterocycles. The van der Waals surface area contributed by atoms with Crippen LogP contribution in [0.25, 0.3) is 5.57 Å². The van der Waals surface area contributed by atoms with E-state index in [2.05, 4.69) is 52.0 Å². The van der Waals surface area contributed by atoms with E-state index in [4.69, 9.17) is 11.5 Å². The first-order valence-corrected chi connectivity index (χ1v) is 6.30. The van der Waals surface area contributed by atoms with Crippen LogP contribution in [-0.4, -0.2) is 0 Å². The molecule has 0 atom stereocenters. The molecule has 2 rings (SSSR count). The van der Waals surface area contributed by atoms with Gasteiger partial charge in [0.2, 0.25) is 0 Å². The molecular weight excluding hydrogens is 220 g/mol. The lowest BCUT2D eigenvalue weighted by Crippen LogP contribution is -2.28. The van der Waals surface area contributed by atoms with Crippen LogP contribution in [0.4, 0.5) is 5.69 Å². The Balaban J connectivity index is 2.52. The zero-order valence-electron chi connectivity index (χ0n) is 11.6. The molecule has 4 N–H and O–H groups in total. The number of hydrogen-bond acceptors (Lipinski definition) is 2. The van der Waals surface area contributed by atoms with Crippen LogP contribution in [0.2, 0.25) is 0 Å². The first kappa shape index (κ1) is 12.7. The summed E-state index contributed by atoms with van der Waals surface area (Å²) in [7, 11) is 0. The van der Waals surface area contributed by atoms with Crippen molar-refractivity contribution in [2.75, 3.05) is 5.73 Å². The molecule has 0 spiro atoms. The maximum atomic E-state index is 6.15. The van der Waals surface area contributed by atoms with E-state index in [0.29, 0.717) is 0 Å². The SMILES string of the molecule is CC1(C)C=C(c2ccc(N)cc2)C(C)(C)C=C1N. The number of rotatable bonds is 1. The average molecular weight is 242 g/mol. The van der Waals surface area contributed by atoms with Crippen LogP contribution in [-0.2, 0) is 0 Å². The number of allylic oxidation sites excluding steroid dienone is 3. The Labute approximate surface area is 109 Å². The zero-order valence-corrected chi connectivity index (χ0v) is 11.6. The van der Waals surface area contributed by atoms with Gasteiger partial charge in [0.15, 0.2) is 0 Å². The van der Waals surface area contributed by atoms with E-state index in [1.54, 1.807) is 0 Å². The molecule has 96 valence electrons. The van der Waals surface area contributed by atoms with Crippen molar-refractivity contribution in [3.05, 3.63) is 47.7 Å². The first-order chi connectivity index (χ1) is 8.22. The molecular formula is C16H22N2. The Morgan fingerprint density at radius 2 is 1.33 bits per heavy atom. The van der Waals surface area contributed by atoms with Crippen molar-refractivity contribution in [2.24, 2.45) is 16.6 Å². The van der Waals surface area contributed by atoms with Gasteiger partial charge in [-0.1, -0.05) is 52.0 Å². The minimum absolute atomic E-state index is 0.0459. The van der Waals surface area contributed by atoms with Crippen LogP contribution in [0, 0.1) is 10.8 Å². The highest BCUT2D eigenvalue weighted by Gasteiger charge is 2.33. The molecule has 1 aliphatic carbocycles. The fourth-order valence-electron chi connectivity index (χ4n) is 2.40. The minimum Gasteiger partial charge on any atom is -0.402 e. The van der Waals surface area contributed by atoms with Crippen LogP contribution in [0.5, 0.6) is 0 Å². The van der Waals surface area contributed by atoms with Crippen molar-refractivity contribution in [1.82, 2.24) is 0 Å². The van der Waals surface area contributed by atoms with Crippen LogP contribution in [0.3, 0.4) is 0 Å². The van der Waals surface area contributed by atoms with Gasteiger partial charge in [-0.3, -0.25) is 0 Å². The molecule has 2 heteroatoms. The Kier molecular flexibility index (Phi) is 2.77. The Bertz CT molecular complexity index is 517. The number of hydrogen-bond donors (Lipinski definition) is 2. The maximum Gasteiger partial charge on any atom is 0.0314 e. The highest BCUT2D eigenvalue weighted by Crippen LogP contribution is 2.45. The summed E-state index contributed by atoms with van der Waals surface area (Å²) in [6.45, 7) is 8.67. The quantitative estimate of drug-likeness (QED) is 0.740. The van der Waals surface area contributed by atoms with Gasteiger partial charge in [0.25, 0.3) is 0 Å². The van der Waals surface area contributed by atoms with Crippen molar-refractivity contribution in [2.45, 2.75) is 27.7 Å². The number of benzene rings is 1. The van der Waals surface area contributed by atoms with Gasteiger partial charge >= 0.3 is 0 Å². The molecule has 0 saturated heterocycles. The molecule has 0 radical (unpaired) electrons. The predicted octanol–water partition coefficient (Wildman–Crippen LogP) is 3.56. The molecule has 1 aromatic carbocycles. The van der Waals surface area contributed by atoms with Crippen molar-refractivity contribution in [3.63, 3.8) is 0 Å². The molecule has 0 fully saturated rings. The lowest BCUT2D eigenvalue weighted by molar-refractivity contribution is 0.512. The molecule has 1 aromatic rings. The third kappa shape index (κ3) is 2.15. The summed E-state index contributed by atoms with van der Waals surface area (Å²) >= 11 is 0. The summed E-state index contributed by atoms with van der Waals surface area (Å²) in [5, 5.41) is 0. The Morgan fingerprint density at radius 1 is 0.778 bits per heavy atom. The zero-order chi connectivity index (χ0) is 13.6. The van der Waals surface area contributed by atoms with E-state index in [0.717, 1.165) is 11.4 Å². The maximum absolute atomic E-state index is 6.15. The molecule has 18 heavy (non-hydrogen) atoms. The third-order valence-electron chi connectivity index (χ3n) is 3.68. The lowest BCUT2D eigenvalue weighted by atomic mass is 9.69. The van der Waals surface area contributed by atoms with E-state index >= 15 is 0 Å². The molecule has 0 aliphatic heterocycles. The highest BCUT2D eigenvalue weighted by atomic mass is 14.6. The van der Waals surface area contributed by atoms with Crippen molar-refractivity contribution < 1.29 is 0 Å². The first-order valence-electron chi connectivity index (χ1n) is 6.30. The van der Waals surface area contributed by atoms with Gasteiger partial charge < -0.3 is 11.5 Å². The number of anilines is 1. The second-order valence-corrected chi connectivity index (χ2v) is 6.22. The summed E-state index contributed by atoms with van der Waals surface area (Å²) in [4.78, 5) is 0. The van der Waals surface area contributed by atoms with Crippen LogP contribution < -0.4 is 11.5 Å². The lowest BCUT2D eigenvalue weighted by Gasteiger charge is -2.36. The number of nitrogen functional groups attached to an aromatic ring is 1. The molecule has 0 unspecified atom stereocenters. The summed E-state index contributed by atoms with van der Waals surface area (Å²) < 4.78 is 0. The normalized spacial score (nSPS) is 21.1. The van der Waals surface area contributed by atoms with Crippen molar-refractivity contribution in [1.29, 1.82) is 0 Å². The van der Waals surface area contributed by atoms with Crippen LogP contribution in [0.15, 0.2) is 42.1 Å². The molecule has 0 amide bonds. The van der Waals surface area contributed by atoms with Gasteiger partial charge in [-0.25, -0.2) is 0 Å². The van der Waals surface area contributed by atoms with E-state index in [1.807, 2.05) is 12.1 Å². The highest BCUT2D eigenvalue weighted by molar-refractivity contribution is 5.75. The van der Waals surface area contributed by atoms with Gasteiger partial charge in [-0.05, 0) is 23.3 Å². The Hall–Kier alpha value is -1.70. The van der Waals surface area contributed by atoms with Crippen molar-refractivity contribution in [3.8, 4) is 0 Å². The fraction of sp³-hybridized carbons (Fsp3) is 0.375. The van der Waals surface area contributed by atoms with Crippen LogP contribution >= 0.6 is 0 Å². The summed E-state index contributed by atoms with van der Waals surface area (Å²) in [5.41, 5.74) is 16.0. The van der Waals surface area contributed by atoms with E-state index in [-0.39, 0.29) is 10.8 Å². The third-order valence-corrected chi connectivity index (χ3v) is 3.68. The smallest absolute Gasteiger partial charge is 0.0314 e. The largest absolute Gasteiger partial charge is 0.402 e. The average Bonchev–Trinajstić information content (AvgIpc) is 2.25. The molecule has 0 heterocycles. The second-order valence-electron chi connectivity index (χ2n) is 6.22. The topological polar surface area (TPSA) is 52.0 Å². The van der Waals surface area contributed by atoms with Gasteiger partial charge in [-0.15, -0.1) is 0 Å². The van der Waals surface area contributed by atoms with E-state index in [1.165, 1.54) is 11.1 Å². The number of nitrogens with two attached hydrogens (primary N) is 2. The second kappa shape index (κ2) is 3.91. The van der Waals surface area contributed by atoms with Gasteiger partial charge in [0, 0.05) is 22.2 Å².